The minimum absolute atomic E-state index is 0.0920. The van der Waals surface area contributed by atoms with E-state index in [0.29, 0.717) is 47.7 Å². The normalized spacial score (nSPS) is 13.3. The number of pyridine rings is 1. The number of nitrogens with one attached hydrogen (secondary N) is 1. The first-order valence-electron chi connectivity index (χ1n) is 12.1. The van der Waals surface area contributed by atoms with E-state index in [1.54, 1.807) is 43.3 Å². The number of ether oxygens (including phenoxy) is 1. The number of benzene rings is 2. The highest BCUT2D eigenvalue weighted by atomic mass is 79.9. The first kappa shape index (κ1) is 28.0. The van der Waals surface area contributed by atoms with Crippen molar-refractivity contribution in [2.24, 2.45) is 0 Å². The van der Waals surface area contributed by atoms with E-state index in [2.05, 4.69) is 31.1 Å². The van der Waals surface area contributed by atoms with Crippen molar-refractivity contribution in [2.75, 3.05) is 38.1 Å². The third-order valence-corrected chi connectivity index (χ3v) is 7.44. The molecule has 0 aliphatic carbocycles. The van der Waals surface area contributed by atoms with Crippen LogP contribution in [0.15, 0.2) is 59.2 Å². The summed E-state index contributed by atoms with van der Waals surface area (Å²) in [4.78, 5) is 34.5. The van der Waals surface area contributed by atoms with Gasteiger partial charge in [0.15, 0.2) is 0 Å². The Balaban J connectivity index is 1.35. The molecule has 4 rings (SSSR count). The summed E-state index contributed by atoms with van der Waals surface area (Å²) in [6.45, 7) is 5.09. The van der Waals surface area contributed by atoms with Crippen LogP contribution in [-0.2, 0) is 17.9 Å². The van der Waals surface area contributed by atoms with Crippen molar-refractivity contribution in [2.45, 2.75) is 20.0 Å². The number of rotatable bonds is 7. The van der Waals surface area contributed by atoms with Crippen molar-refractivity contribution in [3.05, 3.63) is 80.4 Å². The fraction of sp³-hybridized carbons (Fsp3) is 0.296. The van der Waals surface area contributed by atoms with Crippen LogP contribution < -0.4 is 15.0 Å². The summed E-state index contributed by atoms with van der Waals surface area (Å²) in [5, 5.41) is 3.82. The van der Waals surface area contributed by atoms with Crippen LogP contribution in [0.1, 0.15) is 18.1 Å². The third kappa shape index (κ3) is 7.30. The number of hydrogen-bond acceptors (Lipinski definition) is 5. The summed E-state index contributed by atoms with van der Waals surface area (Å²) in [6, 6.07) is 14.3. The van der Waals surface area contributed by atoms with Crippen LogP contribution in [0.25, 0.3) is 0 Å². The van der Waals surface area contributed by atoms with Gasteiger partial charge in [-0.2, -0.15) is 0 Å². The first-order valence-corrected chi connectivity index (χ1v) is 13.6. The number of halogens is 3. The van der Waals surface area contributed by atoms with Gasteiger partial charge in [-0.05, 0) is 42.0 Å². The SMILES string of the molecule is CC(=O)N1CCN(c2cc(CNC(=O)N(C)Cc3ccc(Br)cc3Oc3ccc(Cl)c(Cl)c3)ccn2)CC1. The molecule has 0 radical (unpaired) electrons. The third-order valence-electron chi connectivity index (χ3n) is 6.20. The van der Waals surface area contributed by atoms with Crippen molar-refractivity contribution < 1.29 is 14.3 Å². The van der Waals surface area contributed by atoms with Crippen LogP contribution in [0.5, 0.6) is 11.5 Å². The summed E-state index contributed by atoms with van der Waals surface area (Å²) < 4.78 is 6.91. The Morgan fingerprint density at radius 2 is 1.82 bits per heavy atom. The Kier molecular flexibility index (Phi) is 9.35. The summed E-state index contributed by atoms with van der Waals surface area (Å²) in [7, 11) is 1.73. The average molecular weight is 621 g/mol. The standard InChI is InChI=1S/C27H28BrCl2N5O3/c1-18(36)34-9-11-35(12-10-34)26-13-19(7-8-31-26)16-32-27(37)33(2)17-20-3-4-21(28)14-25(20)38-22-5-6-23(29)24(30)15-22/h3-8,13-15H,9-12,16-17H2,1-2H3,(H,32,37). The zero-order valence-corrected chi connectivity index (χ0v) is 24.2. The second kappa shape index (κ2) is 12.7. The van der Waals surface area contributed by atoms with E-state index < -0.39 is 0 Å². The molecule has 0 atom stereocenters. The molecular weight excluding hydrogens is 593 g/mol. The second-order valence-corrected chi connectivity index (χ2v) is 10.7. The fourth-order valence-electron chi connectivity index (χ4n) is 4.06. The first-order chi connectivity index (χ1) is 18.2. The van der Waals surface area contributed by atoms with E-state index in [1.807, 2.05) is 35.2 Å². The van der Waals surface area contributed by atoms with E-state index in [1.165, 1.54) is 0 Å². The molecule has 200 valence electrons. The minimum Gasteiger partial charge on any atom is -0.457 e. The summed E-state index contributed by atoms with van der Waals surface area (Å²) in [5.74, 6) is 2.07. The zero-order valence-electron chi connectivity index (χ0n) is 21.1. The summed E-state index contributed by atoms with van der Waals surface area (Å²) in [5.41, 5.74) is 1.77. The summed E-state index contributed by atoms with van der Waals surface area (Å²) in [6.07, 6.45) is 1.74. The number of nitrogens with zero attached hydrogens (tertiary/aromatic N) is 4. The second-order valence-electron chi connectivity index (χ2n) is 8.96. The molecule has 0 bridgehead atoms. The smallest absolute Gasteiger partial charge is 0.317 e. The quantitative estimate of drug-likeness (QED) is 0.353. The van der Waals surface area contributed by atoms with Gasteiger partial charge in [0.2, 0.25) is 5.91 Å². The lowest BCUT2D eigenvalue weighted by atomic mass is 10.2. The molecule has 2 heterocycles. The lowest BCUT2D eigenvalue weighted by Gasteiger charge is -2.35. The van der Waals surface area contributed by atoms with E-state index in [9.17, 15) is 9.59 Å². The van der Waals surface area contributed by atoms with E-state index in [-0.39, 0.29) is 11.9 Å². The molecule has 1 fully saturated rings. The number of anilines is 1. The van der Waals surface area contributed by atoms with Crippen LogP contribution in [0.4, 0.5) is 10.6 Å². The molecular formula is C27H28BrCl2N5O3. The van der Waals surface area contributed by atoms with Gasteiger partial charge in [0.1, 0.15) is 17.3 Å². The molecule has 1 N–H and O–H groups in total. The topological polar surface area (TPSA) is 78.0 Å². The van der Waals surface area contributed by atoms with E-state index in [0.717, 1.165) is 34.5 Å². The molecule has 3 aromatic rings. The molecule has 1 aliphatic rings. The van der Waals surface area contributed by atoms with Gasteiger partial charge in [0, 0.05) is 69.0 Å². The van der Waals surface area contributed by atoms with Crippen LogP contribution in [-0.4, -0.2) is 59.9 Å². The number of hydrogen-bond donors (Lipinski definition) is 1. The number of carbonyl (C=O) groups is 2. The average Bonchev–Trinajstić information content (AvgIpc) is 2.91. The van der Waals surface area contributed by atoms with Gasteiger partial charge < -0.3 is 24.8 Å². The van der Waals surface area contributed by atoms with Gasteiger partial charge in [0.05, 0.1) is 16.6 Å². The Bertz CT molecular complexity index is 1320. The van der Waals surface area contributed by atoms with E-state index in [4.69, 9.17) is 27.9 Å². The lowest BCUT2D eigenvalue weighted by molar-refractivity contribution is -0.129. The van der Waals surface area contributed by atoms with Crippen LogP contribution >= 0.6 is 39.1 Å². The molecule has 1 saturated heterocycles. The Morgan fingerprint density at radius 1 is 1.05 bits per heavy atom. The summed E-state index contributed by atoms with van der Waals surface area (Å²) >= 11 is 15.6. The molecule has 2 aromatic carbocycles. The van der Waals surface area contributed by atoms with E-state index >= 15 is 0 Å². The fourth-order valence-corrected chi connectivity index (χ4v) is 4.68. The van der Waals surface area contributed by atoms with Gasteiger partial charge >= 0.3 is 6.03 Å². The highest BCUT2D eigenvalue weighted by molar-refractivity contribution is 9.10. The molecule has 38 heavy (non-hydrogen) atoms. The van der Waals surface area contributed by atoms with Gasteiger partial charge in [-0.25, -0.2) is 9.78 Å². The monoisotopic (exact) mass is 619 g/mol. The molecule has 3 amide bonds. The number of piperazine rings is 1. The molecule has 0 saturated carbocycles. The maximum Gasteiger partial charge on any atom is 0.317 e. The zero-order chi connectivity index (χ0) is 27.2. The highest BCUT2D eigenvalue weighted by Gasteiger charge is 2.20. The molecule has 0 spiro atoms. The van der Waals surface area contributed by atoms with Gasteiger partial charge in [-0.1, -0.05) is 45.2 Å². The van der Waals surface area contributed by atoms with Crippen molar-refractivity contribution in [1.29, 1.82) is 0 Å². The van der Waals surface area contributed by atoms with Crippen molar-refractivity contribution in [3.8, 4) is 11.5 Å². The van der Waals surface area contributed by atoms with Crippen molar-refractivity contribution in [3.63, 3.8) is 0 Å². The van der Waals surface area contributed by atoms with Gasteiger partial charge in [-0.15, -0.1) is 0 Å². The lowest BCUT2D eigenvalue weighted by Crippen LogP contribution is -2.48. The largest absolute Gasteiger partial charge is 0.457 e. The molecule has 8 nitrogen and oxygen atoms in total. The maximum absolute atomic E-state index is 12.9. The predicted molar refractivity (Wildman–Crippen MR) is 153 cm³/mol. The van der Waals surface area contributed by atoms with Crippen molar-refractivity contribution >= 4 is 56.9 Å². The molecule has 1 aliphatic heterocycles. The van der Waals surface area contributed by atoms with Crippen LogP contribution in [0, 0.1) is 0 Å². The Hall–Kier alpha value is -3.01. The minimum atomic E-state index is -0.221. The molecule has 11 heteroatoms. The number of amides is 3. The predicted octanol–water partition coefficient (Wildman–Crippen LogP) is 5.95. The Morgan fingerprint density at radius 3 is 2.53 bits per heavy atom. The van der Waals surface area contributed by atoms with Crippen LogP contribution in [0.3, 0.4) is 0 Å². The maximum atomic E-state index is 12.9. The van der Waals surface area contributed by atoms with Crippen LogP contribution in [0.2, 0.25) is 10.0 Å². The highest BCUT2D eigenvalue weighted by Crippen LogP contribution is 2.33. The Labute approximate surface area is 240 Å². The number of aromatic nitrogens is 1. The molecule has 0 unspecified atom stereocenters. The van der Waals surface area contributed by atoms with Gasteiger partial charge in [0.25, 0.3) is 0 Å². The van der Waals surface area contributed by atoms with Crippen molar-refractivity contribution in [1.82, 2.24) is 20.1 Å². The number of urea groups is 1. The van der Waals surface area contributed by atoms with Gasteiger partial charge in [-0.3, -0.25) is 4.79 Å². The molecule has 1 aromatic heterocycles. The number of carbonyl (C=O) groups excluding carboxylic acids is 2.